The van der Waals surface area contributed by atoms with Crippen molar-refractivity contribution in [2.45, 2.75) is 46.1 Å². The maximum Gasteiger partial charge on any atom is 0.320 e. The summed E-state index contributed by atoms with van der Waals surface area (Å²) >= 11 is 0. The van der Waals surface area contributed by atoms with Gasteiger partial charge in [-0.3, -0.25) is 9.59 Å². The Bertz CT molecular complexity index is 772. The van der Waals surface area contributed by atoms with Gasteiger partial charge in [-0.05, 0) is 35.7 Å². The second kappa shape index (κ2) is 11.3. The first-order chi connectivity index (χ1) is 14.8. The Balaban J connectivity index is 2.40. The van der Waals surface area contributed by atoms with Gasteiger partial charge in [0.2, 0.25) is 0 Å². The van der Waals surface area contributed by atoms with Crippen molar-refractivity contribution < 1.29 is 23.5 Å². The molecular formula is C25H34O5Si. The van der Waals surface area contributed by atoms with Gasteiger partial charge in [-0.25, -0.2) is 0 Å². The van der Waals surface area contributed by atoms with E-state index in [4.69, 9.17) is 13.9 Å². The van der Waals surface area contributed by atoms with Crippen molar-refractivity contribution in [3.63, 3.8) is 0 Å². The first kappa shape index (κ1) is 24.8. The second-order valence-electron chi connectivity index (χ2n) is 8.36. The molecule has 0 spiro atoms. The molecule has 0 bridgehead atoms. The Hall–Kier alpha value is -2.44. The van der Waals surface area contributed by atoms with Gasteiger partial charge in [-0.1, -0.05) is 81.4 Å². The van der Waals surface area contributed by atoms with E-state index >= 15 is 0 Å². The molecule has 2 rings (SSSR count). The highest BCUT2D eigenvalue weighted by molar-refractivity contribution is 6.99. The fourth-order valence-corrected chi connectivity index (χ4v) is 8.49. The summed E-state index contributed by atoms with van der Waals surface area (Å²) in [6.07, 6.45) is 0.210. The summed E-state index contributed by atoms with van der Waals surface area (Å²) in [5, 5.41) is 2.12. The highest BCUT2D eigenvalue weighted by atomic mass is 28.4. The van der Waals surface area contributed by atoms with Crippen molar-refractivity contribution >= 4 is 30.6 Å². The Morgan fingerprint density at radius 2 is 1.23 bits per heavy atom. The third-order valence-corrected chi connectivity index (χ3v) is 10.3. The first-order valence-corrected chi connectivity index (χ1v) is 12.8. The van der Waals surface area contributed by atoms with Crippen molar-refractivity contribution in [2.24, 2.45) is 5.92 Å². The molecule has 5 nitrogen and oxygen atoms in total. The minimum absolute atomic E-state index is 0.181. The van der Waals surface area contributed by atoms with E-state index in [0.29, 0.717) is 0 Å². The second-order valence-corrected chi connectivity index (χ2v) is 12.7. The van der Waals surface area contributed by atoms with Crippen molar-refractivity contribution in [1.29, 1.82) is 0 Å². The zero-order valence-corrected chi connectivity index (χ0v) is 20.2. The summed E-state index contributed by atoms with van der Waals surface area (Å²) in [5.74, 6) is -2.11. The molecule has 0 aliphatic carbocycles. The molecule has 0 aromatic heterocycles. The minimum atomic E-state index is -2.73. The largest absolute Gasteiger partial charge is 0.465 e. The number of ether oxygens (including phenoxy) is 2. The van der Waals surface area contributed by atoms with Gasteiger partial charge in [0.05, 0.1) is 13.2 Å². The van der Waals surface area contributed by atoms with E-state index < -0.39 is 26.2 Å². The van der Waals surface area contributed by atoms with E-state index in [1.165, 1.54) is 0 Å². The van der Waals surface area contributed by atoms with Crippen LogP contribution in [-0.4, -0.2) is 40.1 Å². The Labute approximate surface area is 186 Å². The van der Waals surface area contributed by atoms with E-state index in [1.54, 1.807) is 13.8 Å². The van der Waals surface area contributed by atoms with Gasteiger partial charge in [0.15, 0.2) is 5.92 Å². The van der Waals surface area contributed by atoms with Crippen LogP contribution >= 0.6 is 0 Å². The SMILES string of the molecule is CCOC(=O)C(CCO[Si](c1ccccc1)(c1ccccc1)C(C)(C)C)C(=O)OCC. The number of carbonyl (C=O) groups is 2. The van der Waals surface area contributed by atoms with Gasteiger partial charge in [0, 0.05) is 6.61 Å². The molecule has 0 atom stereocenters. The van der Waals surface area contributed by atoms with Crippen LogP contribution in [0.1, 0.15) is 41.0 Å². The molecule has 0 heterocycles. The van der Waals surface area contributed by atoms with Gasteiger partial charge in [-0.15, -0.1) is 0 Å². The van der Waals surface area contributed by atoms with Crippen LogP contribution in [0.25, 0.3) is 0 Å². The average Bonchev–Trinajstić information content (AvgIpc) is 2.74. The van der Waals surface area contributed by atoms with Crippen LogP contribution in [0.5, 0.6) is 0 Å². The fraction of sp³-hybridized carbons (Fsp3) is 0.440. The average molecular weight is 443 g/mol. The maximum atomic E-state index is 12.4. The van der Waals surface area contributed by atoms with E-state index in [2.05, 4.69) is 45.0 Å². The van der Waals surface area contributed by atoms with Crippen LogP contribution in [0.2, 0.25) is 5.04 Å². The lowest BCUT2D eigenvalue weighted by atomic mass is 10.1. The van der Waals surface area contributed by atoms with E-state index in [9.17, 15) is 9.59 Å². The summed E-state index contributed by atoms with van der Waals surface area (Å²) < 4.78 is 17.0. The quantitative estimate of drug-likeness (QED) is 0.319. The number of hydrogen-bond acceptors (Lipinski definition) is 5. The summed E-state index contributed by atoms with van der Waals surface area (Å²) in [4.78, 5) is 24.8. The molecule has 6 heteroatoms. The predicted octanol–water partition coefficient (Wildman–Crippen LogP) is 3.70. The van der Waals surface area contributed by atoms with Crippen LogP contribution in [0.3, 0.4) is 0 Å². The van der Waals surface area contributed by atoms with Crippen molar-refractivity contribution in [3.8, 4) is 0 Å². The summed E-state index contributed by atoms with van der Waals surface area (Å²) in [6.45, 7) is 10.7. The minimum Gasteiger partial charge on any atom is -0.465 e. The Morgan fingerprint density at radius 1 is 0.806 bits per heavy atom. The third-order valence-electron chi connectivity index (χ3n) is 5.28. The zero-order valence-electron chi connectivity index (χ0n) is 19.2. The van der Waals surface area contributed by atoms with Gasteiger partial charge >= 0.3 is 11.9 Å². The number of carbonyl (C=O) groups excluding carboxylic acids is 2. The predicted molar refractivity (Wildman–Crippen MR) is 125 cm³/mol. The fourth-order valence-electron chi connectivity index (χ4n) is 3.91. The number of benzene rings is 2. The van der Waals surface area contributed by atoms with E-state index in [0.717, 1.165) is 10.4 Å². The van der Waals surface area contributed by atoms with Crippen molar-refractivity contribution in [2.75, 3.05) is 19.8 Å². The molecular weight excluding hydrogens is 408 g/mol. The standard InChI is InChI=1S/C25H34O5Si/c1-6-28-23(26)22(24(27)29-7-2)18-19-30-31(25(3,4)5,20-14-10-8-11-15-20)21-16-12-9-13-17-21/h8-17,22H,6-7,18-19H2,1-5H3. The number of rotatable bonds is 10. The molecule has 0 saturated carbocycles. The maximum absolute atomic E-state index is 12.4. The topological polar surface area (TPSA) is 61.8 Å². The Morgan fingerprint density at radius 3 is 1.58 bits per heavy atom. The first-order valence-electron chi connectivity index (χ1n) is 10.9. The Kier molecular flexibility index (Phi) is 9.01. The molecule has 0 fully saturated rings. The highest BCUT2D eigenvalue weighted by Gasteiger charge is 2.50. The molecule has 0 aliphatic heterocycles. The summed E-state index contributed by atoms with van der Waals surface area (Å²) in [6, 6.07) is 20.5. The number of esters is 2. The van der Waals surface area contributed by atoms with Crippen LogP contribution in [-0.2, 0) is 23.5 Å². The third kappa shape index (κ3) is 5.83. The molecule has 168 valence electrons. The van der Waals surface area contributed by atoms with Crippen molar-refractivity contribution in [3.05, 3.63) is 60.7 Å². The lowest BCUT2D eigenvalue weighted by Crippen LogP contribution is -2.66. The zero-order chi connectivity index (χ0) is 22.9. The van der Waals surface area contributed by atoms with E-state index in [1.807, 2.05) is 36.4 Å². The normalized spacial score (nSPS) is 11.9. The molecule has 2 aromatic rings. The van der Waals surface area contributed by atoms with Gasteiger partial charge in [-0.2, -0.15) is 0 Å². The molecule has 2 aromatic carbocycles. The monoisotopic (exact) mass is 442 g/mol. The molecule has 0 saturated heterocycles. The summed E-state index contributed by atoms with van der Waals surface area (Å²) in [5.41, 5.74) is 0. The summed E-state index contributed by atoms with van der Waals surface area (Å²) in [7, 11) is -2.73. The van der Waals surface area contributed by atoms with Gasteiger partial charge in [0.1, 0.15) is 0 Å². The molecule has 0 radical (unpaired) electrons. The van der Waals surface area contributed by atoms with E-state index in [-0.39, 0.29) is 31.3 Å². The lowest BCUT2D eigenvalue weighted by molar-refractivity contribution is -0.162. The van der Waals surface area contributed by atoms with Crippen LogP contribution in [0.15, 0.2) is 60.7 Å². The molecule has 31 heavy (non-hydrogen) atoms. The molecule has 0 aliphatic rings. The van der Waals surface area contributed by atoms with Crippen LogP contribution < -0.4 is 10.4 Å². The van der Waals surface area contributed by atoms with Crippen LogP contribution in [0.4, 0.5) is 0 Å². The smallest absolute Gasteiger partial charge is 0.320 e. The van der Waals surface area contributed by atoms with Gasteiger partial charge in [0.25, 0.3) is 8.32 Å². The lowest BCUT2D eigenvalue weighted by Gasteiger charge is -2.43. The number of hydrogen-bond donors (Lipinski definition) is 0. The van der Waals surface area contributed by atoms with Gasteiger partial charge < -0.3 is 13.9 Å². The molecule has 0 N–H and O–H groups in total. The van der Waals surface area contributed by atoms with Crippen LogP contribution in [0, 0.1) is 5.92 Å². The van der Waals surface area contributed by atoms with Crippen molar-refractivity contribution in [1.82, 2.24) is 0 Å². The molecule has 0 unspecified atom stereocenters. The molecule has 0 amide bonds. The highest BCUT2D eigenvalue weighted by Crippen LogP contribution is 2.37.